The summed E-state index contributed by atoms with van der Waals surface area (Å²) in [4.78, 5) is 27.3. The summed E-state index contributed by atoms with van der Waals surface area (Å²) in [7, 11) is -3.80. The standard InChI is InChI=1S/C24H33ClN2O5S/c1-23(2)12-18-13-24(3,15-23)16-27(18)21(28)14-32-22(29)17-7-8-19(25)20(11-17)33(30,31)26-9-5-4-6-10-26/h7-8,11,18H,4-6,9-10,12-16H2,1-3H3/t18-,24+/m1/s1. The molecule has 3 fully saturated rings. The smallest absolute Gasteiger partial charge is 0.338 e. The lowest BCUT2D eigenvalue weighted by molar-refractivity contribution is -0.135. The molecular weight excluding hydrogens is 464 g/mol. The fourth-order valence-electron chi connectivity index (χ4n) is 6.12. The van der Waals surface area contributed by atoms with Gasteiger partial charge in [-0.15, -0.1) is 0 Å². The first-order valence-electron chi connectivity index (χ1n) is 11.7. The number of rotatable bonds is 5. The molecule has 2 heterocycles. The molecule has 0 unspecified atom stereocenters. The fourth-order valence-corrected chi connectivity index (χ4v) is 8.13. The molecule has 0 radical (unpaired) electrons. The Morgan fingerprint density at radius 1 is 1.12 bits per heavy atom. The highest BCUT2D eigenvalue weighted by Gasteiger charge is 2.51. The number of amides is 1. The Bertz CT molecular complexity index is 1050. The van der Waals surface area contributed by atoms with Gasteiger partial charge in [-0.1, -0.05) is 38.8 Å². The van der Waals surface area contributed by atoms with Crippen molar-refractivity contribution in [2.75, 3.05) is 26.2 Å². The van der Waals surface area contributed by atoms with E-state index >= 15 is 0 Å². The summed E-state index contributed by atoms with van der Waals surface area (Å²) >= 11 is 6.19. The fraction of sp³-hybridized carbons (Fsp3) is 0.667. The molecule has 2 atom stereocenters. The number of hydrogen-bond donors (Lipinski definition) is 0. The lowest BCUT2D eigenvalue weighted by Crippen LogP contribution is -2.39. The van der Waals surface area contributed by atoms with Gasteiger partial charge in [0, 0.05) is 25.7 Å². The maximum Gasteiger partial charge on any atom is 0.338 e. The van der Waals surface area contributed by atoms with Crippen molar-refractivity contribution in [3.8, 4) is 0 Å². The zero-order valence-corrected chi connectivity index (χ0v) is 21.2. The summed E-state index contributed by atoms with van der Waals surface area (Å²) in [5.41, 5.74) is 0.346. The van der Waals surface area contributed by atoms with E-state index in [0.29, 0.717) is 19.6 Å². The molecule has 2 aliphatic heterocycles. The second kappa shape index (κ2) is 8.86. The average Bonchev–Trinajstić information content (AvgIpc) is 3.01. The number of carbonyl (C=O) groups is 2. The van der Waals surface area contributed by atoms with E-state index in [9.17, 15) is 18.0 Å². The molecule has 2 bridgehead atoms. The van der Waals surface area contributed by atoms with E-state index in [2.05, 4.69) is 20.8 Å². The number of likely N-dealkylation sites (tertiary alicyclic amines) is 1. The van der Waals surface area contributed by atoms with Crippen molar-refractivity contribution in [3.05, 3.63) is 28.8 Å². The van der Waals surface area contributed by atoms with Gasteiger partial charge < -0.3 is 9.64 Å². The molecule has 9 heteroatoms. The van der Waals surface area contributed by atoms with Gasteiger partial charge in [0.1, 0.15) is 4.90 Å². The highest BCUT2D eigenvalue weighted by Crippen LogP contribution is 2.52. The minimum Gasteiger partial charge on any atom is -0.452 e. The van der Waals surface area contributed by atoms with E-state index in [1.165, 1.54) is 22.5 Å². The van der Waals surface area contributed by atoms with E-state index in [1.54, 1.807) is 0 Å². The molecule has 0 spiro atoms. The summed E-state index contributed by atoms with van der Waals surface area (Å²) in [6.45, 7) is 7.89. The van der Waals surface area contributed by atoms with Crippen LogP contribution in [0, 0.1) is 10.8 Å². The topological polar surface area (TPSA) is 84.0 Å². The Morgan fingerprint density at radius 2 is 1.82 bits per heavy atom. The van der Waals surface area contributed by atoms with Crippen molar-refractivity contribution in [2.24, 2.45) is 10.8 Å². The Hall–Kier alpha value is -1.64. The van der Waals surface area contributed by atoms with Gasteiger partial charge in [-0.05, 0) is 61.1 Å². The highest BCUT2D eigenvalue weighted by atomic mass is 35.5. The predicted molar refractivity (Wildman–Crippen MR) is 126 cm³/mol. The lowest BCUT2D eigenvalue weighted by atomic mass is 9.65. The number of benzene rings is 1. The van der Waals surface area contributed by atoms with Crippen molar-refractivity contribution in [1.82, 2.24) is 9.21 Å². The van der Waals surface area contributed by atoms with Gasteiger partial charge in [-0.3, -0.25) is 4.79 Å². The van der Waals surface area contributed by atoms with Crippen LogP contribution in [-0.2, 0) is 19.6 Å². The third kappa shape index (κ3) is 5.08. The van der Waals surface area contributed by atoms with Crippen LogP contribution in [0.2, 0.25) is 5.02 Å². The molecule has 4 rings (SSSR count). The van der Waals surface area contributed by atoms with Gasteiger partial charge in [-0.2, -0.15) is 4.31 Å². The van der Waals surface area contributed by atoms with E-state index in [0.717, 1.165) is 38.5 Å². The van der Waals surface area contributed by atoms with Crippen LogP contribution in [0.1, 0.15) is 69.7 Å². The zero-order chi connectivity index (χ0) is 24.0. The van der Waals surface area contributed by atoms with Gasteiger partial charge >= 0.3 is 5.97 Å². The number of carbonyl (C=O) groups excluding carboxylic acids is 2. The van der Waals surface area contributed by atoms with Crippen molar-refractivity contribution in [2.45, 2.75) is 70.2 Å². The van der Waals surface area contributed by atoms with E-state index in [1.807, 2.05) is 4.90 Å². The first-order valence-corrected chi connectivity index (χ1v) is 13.5. The average molecular weight is 497 g/mol. The second-order valence-electron chi connectivity index (χ2n) is 10.9. The monoisotopic (exact) mass is 496 g/mol. The number of esters is 1. The molecule has 1 amide bonds. The molecule has 1 aromatic carbocycles. The van der Waals surface area contributed by atoms with Crippen molar-refractivity contribution in [3.63, 3.8) is 0 Å². The first kappa shape index (κ1) is 24.5. The van der Waals surface area contributed by atoms with E-state index in [4.69, 9.17) is 16.3 Å². The van der Waals surface area contributed by atoms with Crippen molar-refractivity contribution < 1.29 is 22.7 Å². The van der Waals surface area contributed by atoms with Crippen LogP contribution < -0.4 is 0 Å². The van der Waals surface area contributed by atoms with Crippen LogP contribution in [0.4, 0.5) is 0 Å². The molecule has 0 N–H and O–H groups in total. The third-order valence-electron chi connectivity index (χ3n) is 7.16. The van der Waals surface area contributed by atoms with E-state index in [-0.39, 0.29) is 44.9 Å². The number of hydrogen-bond acceptors (Lipinski definition) is 5. The van der Waals surface area contributed by atoms with Crippen LogP contribution >= 0.6 is 11.6 Å². The molecule has 2 saturated heterocycles. The summed E-state index contributed by atoms with van der Waals surface area (Å²) in [5.74, 6) is -0.936. The van der Waals surface area contributed by atoms with Crippen molar-refractivity contribution >= 4 is 33.5 Å². The maximum absolute atomic E-state index is 13.0. The van der Waals surface area contributed by atoms with Gasteiger partial charge in [0.2, 0.25) is 10.0 Å². The number of halogens is 1. The zero-order valence-electron chi connectivity index (χ0n) is 19.6. The van der Waals surface area contributed by atoms with Gasteiger partial charge in [0.15, 0.2) is 6.61 Å². The predicted octanol–water partition coefficient (Wildman–Crippen LogP) is 4.10. The molecule has 0 aromatic heterocycles. The minimum absolute atomic E-state index is 0.0633. The van der Waals surface area contributed by atoms with E-state index < -0.39 is 16.0 Å². The lowest BCUT2D eigenvalue weighted by Gasteiger charge is -2.39. The number of sulfonamides is 1. The Kier molecular flexibility index (Phi) is 6.57. The number of nitrogens with zero attached hydrogens (tertiary/aromatic N) is 2. The van der Waals surface area contributed by atoms with Crippen LogP contribution in [0.15, 0.2) is 23.1 Å². The molecule has 182 valence electrons. The SMILES string of the molecule is CC1(C)C[C@@H]2C[C@](C)(CN2C(=O)COC(=O)c2ccc(Cl)c(S(=O)(=O)N3CCCCC3)c2)C1. The number of piperidine rings is 1. The van der Waals surface area contributed by atoms with Gasteiger partial charge in [0.05, 0.1) is 10.6 Å². The third-order valence-corrected chi connectivity index (χ3v) is 9.54. The summed E-state index contributed by atoms with van der Waals surface area (Å²) in [5, 5.41) is 0.0633. The number of fused-ring (bicyclic) bond motifs is 2. The van der Waals surface area contributed by atoms with Gasteiger partial charge in [-0.25, -0.2) is 13.2 Å². The highest BCUT2D eigenvalue weighted by molar-refractivity contribution is 7.89. The largest absolute Gasteiger partial charge is 0.452 e. The van der Waals surface area contributed by atoms with Crippen LogP contribution in [0.5, 0.6) is 0 Å². The van der Waals surface area contributed by atoms with Gasteiger partial charge in [0.25, 0.3) is 5.91 Å². The first-order chi connectivity index (χ1) is 15.4. The summed E-state index contributed by atoms with van der Waals surface area (Å²) in [6.07, 6.45) is 5.58. The molecule has 1 aliphatic carbocycles. The molecule has 1 aromatic rings. The number of ether oxygens (including phenoxy) is 1. The molecule has 33 heavy (non-hydrogen) atoms. The summed E-state index contributed by atoms with van der Waals surface area (Å²) in [6, 6.07) is 4.24. The van der Waals surface area contributed by atoms with Crippen LogP contribution in [0.25, 0.3) is 0 Å². The summed E-state index contributed by atoms with van der Waals surface area (Å²) < 4.78 is 32.8. The maximum atomic E-state index is 13.0. The normalized spacial score (nSPS) is 27.4. The molecular formula is C24H33ClN2O5S. The Balaban J connectivity index is 1.43. The minimum atomic E-state index is -3.80. The molecule has 7 nitrogen and oxygen atoms in total. The Morgan fingerprint density at radius 3 is 2.52 bits per heavy atom. The van der Waals surface area contributed by atoms with Crippen molar-refractivity contribution in [1.29, 1.82) is 0 Å². The quantitative estimate of drug-likeness (QED) is 0.573. The van der Waals surface area contributed by atoms with Crippen LogP contribution in [-0.4, -0.2) is 61.8 Å². The van der Waals surface area contributed by atoms with Crippen LogP contribution in [0.3, 0.4) is 0 Å². The Labute approximate surface area is 201 Å². The molecule has 1 saturated carbocycles. The second-order valence-corrected chi connectivity index (χ2v) is 13.2. The molecule has 3 aliphatic rings.